The van der Waals surface area contributed by atoms with E-state index in [1.807, 2.05) is 0 Å². The van der Waals surface area contributed by atoms with Gasteiger partial charge in [0, 0.05) is 12.1 Å². The average molecular weight is 412 g/mol. The second-order valence-electron chi connectivity index (χ2n) is 6.10. The maximum Gasteiger partial charge on any atom is 0.339 e. The van der Waals surface area contributed by atoms with E-state index in [2.05, 4.69) is 0 Å². The van der Waals surface area contributed by atoms with Gasteiger partial charge in [0.15, 0.2) is 0 Å². The van der Waals surface area contributed by atoms with Crippen molar-refractivity contribution >= 4 is 23.3 Å². The van der Waals surface area contributed by atoms with E-state index >= 15 is 0 Å². The highest BCUT2D eigenvalue weighted by molar-refractivity contribution is 5.97. The van der Waals surface area contributed by atoms with Crippen molar-refractivity contribution in [3.05, 3.63) is 59.7 Å². The lowest BCUT2D eigenvalue weighted by Crippen LogP contribution is -2.06. The number of nitrogen functional groups attached to an aromatic ring is 2. The second kappa shape index (κ2) is 7.80. The van der Waals surface area contributed by atoms with Gasteiger partial charge in [0.05, 0.1) is 11.4 Å². The Kier molecular flexibility index (Phi) is 5.23. The molecule has 0 spiro atoms. The van der Waals surface area contributed by atoms with Gasteiger partial charge in [0.2, 0.25) is 0 Å². The summed E-state index contributed by atoms with van der Waals surface area (Å²) in [5.41, 5.74) is 10.4. The number of benzene rings is 3. The summed E-state index contributed by atoms with van der Waals surface area (Å²) in [6.45, 7) is 0. The third-order valence-corrected chi connectivity index (χ3v) is 4.00. The fourth-order valence-corrected chi connectivity index (χ4v) is 2.49. The van der Waals surface area contributed by atoms with Crippen LogP contribution in [-0.2, 0) is 0 Å². The van der Waals surface area contributed by atoms with E-state index in [1.54, 1.807) is 0 Å². The van der Waals surface area contributed by atoms with Gasteiger partial charge in [-0.05, 0) is 36.4 Å². The number of carboxylic acid groups (broad SMARTS) is 2. The lowest BCUT2D eigenvalue weighted by atomic mass is 10.1. The van der Waals surface area contributed by atoms with Crippen LogP contribution in [0.25, 0.3) is 0 Å². The van der Waals surface area contributed by atoms with Crippen LogP contribution in [-0.4, -0.2) is 32.4 Å². The summed E-state index contributed by atoms with van der Waals surface area (Å²) in [6.07, 6.45) is 0. The summed E-state index contributed by atoms with van der Waals surface area (Å²) in [6, 6.07) is 9.71. The van der Waals surface area contributed by atoms with E-state index in [9.17, 15) is 30.0 Å². The number of aromatic hydroxyl groups is 2. The van der Waals surface area contributed by atoms with Crippen molar-refractivity contribution in [2.75, 3.05) is 11.5 Å². The highest BCUT2D eigenvalue weighted by Crippen LogP contribution is 2.37. The highest BCUT2D eigenvalue weighted by atomic mass is 16.5. The predicted molar refractivity (Wildman–Crippen MR) is 106 cm³/mol. The van der Waals surface area contributed by atoms with Crippen LogP contribution >= 0.6 is 0 Å². The van der Waals surface area contributed by atoms with Gasteiger partial charge in [-0.15, -0.1) is 0 Å². The molecule has 0 radical (unpaired) electrons. The number of aromatic carboxylic acids is 2. The van der Waals surface area contributed by atoms with E-state index in [0.717, 1.165) is 24.3 Å². The summed E-state index contributed by atoms with van der Waals surface area (Å²) in [5, 5.41) is 38.4. The van der Waals surface area contributed by atoms with Gasteiger partial charge in [-0.3, -0.25) is 0 Å². The fourth-order valence-electron chi connectivity index (χ4n) is 2.49. The zero-order valence-electron chi connectivity index (χ0n) is 15.2. The van der Waals surface area contributed by atoms with Crippen molar-refractivity contribution in [2.45, 2.75) is 0 Å². The number of hydrogen-bond acceptors (Lipinski definition) is 8. The molecule has 3 aromatic carbocycles. The Morgan fingerprint density at radius 1 is 0.667 bits per heavy atom. The smallest absolute Gasteiger partial charge is 0.339 e. The Morgan fingerprint density at radius 3 is 1.33 bits per heavy atom. The number of phenols is 2. The molecule has 10 heteroatoms. The molecule has 0 unspecified atom stereocenters. The minimum Gasteiger partial charge on any atom is -0.506 e. The standard InChI is InChI=1S/C20H16N2O8/c21-13-3-1-9(5-15(13)23)29-17-7-12(20(27)28)18(8-11(17)19(25)26)30-10-2-4-14(22)16(24)6-10/h1-8,23-24H,21-22H2,(H,25,26)(H,27,28). The first kappa shape index (κ1) is 20.1. The van der Waals surface area contributed by atoms with Crippen molar-refractivity contribution in [1.29, 1.82) is 0 Å². The zero-order valence-corrected chi connectivity index (χ0v) is 15.2. The molecule has 8 N–H and O–H groups in total. The Bertz CT molecular complexity index is 1070. The Labute approximate surface area is 169 Å². The van der Waals surface area contributed by atoms with Crippen LogP contribution in [0, 0.1) is 0 Å². The SMILES string of the molecule is Nc1ccc(Oc2cc(C(=O)O)c(Oc3ccc(N)c(O)c3)cc2C(=O)O)cc1O. The monoisotopic (exact) mass is 412 g/mol. The lowest BCUT2D eigenvalue weighted by Gasteiger charge is -2.15. The Hall–Kier alpha value is -4.60. The van der Waals surface area contributed by atoms with Crippen molar-refractivity contribution in [3.8, 4) is 34.5 Å². The third-order valence-electron chi connectivity index (χ3n) is 4.00. The number of carboxylic acids is 2. The number of phenolic OH excluding ortho intramolecular Hbond substituents is 2. The minimum atomic E-state index is -1.41. The maximum absolute atomic E-state index is 11.7. The number of rotatable bonds is 6. The van der Waals surface area contributed by atoms with Gasteiger partial charge < -0.3 is 41.4 Å². The fraction of sp³-hybridized carbons (Fsp3) is 0. The maximum atomic E-state index is 11.7. The summed E-state index contributed by atoms with van der Waals surface area (Å²) in [7, 11) is 0. The van der Waals surface area contributed by atoms with Crippen molar-refractivity contribution in [2.24, 2.45) is 0 Å². The van der Waals surface area contributed by atoms with Crippen molar-refractivity contribution in [3.63, 3.8) is 0 Å². The molecule has 0 aliphatic rings. The van der Waals surface area contributed by atoms with Crippen LogP contribution < -0.4 is 20.9 Å². The molecule has 0 heterocycles. The first-order valence-electron chi connectivity index (χ1n) is 8.33. The Balaban J connectivity index is 2.06. The summed E-state index contributed by atoms with van der Waals surface area (Å²) in [5.74, 6) is -3.90. The van der Waals surface area contributed by atoms with Crippen LogP contribution in [0.2, 0.25) is 0 Å². The molecule has 0 aromatic heterocycles. The molecular formula is C20H16N2O8. The van der Waals surface area contributed by atoms with Crippen LogP contribution in [0.1, 0.15) is 20.7 Å². The molecule has 0 bridgehead atoms. The molecule has 30 heavy (non-hydrogen) atoms. The van der Waals surface area contributed by atoms with Crippen molar-refractivity contribution < 1.29 is 39.5 Å². The van der Waals surface area contributed by atoms with E-state index in [1.165, 1.54) is 24.3 Å². The van der Waals surface area contributed by atoms with Gasteiger partial charge in [0.25, 0.3) is 0 Å². The molecule has 0 aliphatic heterocycles. The topological polar surface area (TPSA) is 186 Å². The molecule has 3 aromatic rings. The molecule has 0 amide bonds. The van der Waals surface area contributed by atoms with E-state index in [0.29, 0.717) is 0 Å². The molecule has 10 nitrogen and oxygen atoms in total. The van der Waals surface area contributed by atoms with E-state index in [-0.39, 0.29) is 45.9 Å². The summed E-state index contributed by atoms with van der Waals surface area (Å²) in [4.78, 5) is 23.4. The first-order chi connectivity index (χ1) is 14.2. The summed E-state index contributed by atoms with van der Waals surface area (Å²) < 4.78 is 10.9. The van der Waals surface area contributed by atoms with Crippen molar-refractivity contribution in [1.82, 2.24) is 0 Å². The zero-order chi connectivity index (χ0) is 22.0. The van der Waals surface area contributed by atoms with Gasteiger partial charge in [-0.2, -0.15) is 0 Å². The molecule has 0 saturated carbocycles. The molecular weight excluding hydrogens is 396 g/mol. The van der Waals surface area contributed by atoms with E-state index in [4.69, 9.17) is 20.9 Å². The minimum absolute atomic E-state index is 0.0395. The molecule has 3 rings (SSSR count). The van der Waals surface area contributed by atoms with Gasteiger partial charge in [0.1, 0.15) is 45.6 Å². The quantitative estimate of drug-likeness (QED) is 0.259. The number of carbonyl (C=O) groups is 2. The summed E-state index contributed by atoms with van der Waals surface area (Å²) >= 11 is 0. The molecule has 0 fully saturated rings. The van der Waals surface area contributed by atoms with E-state index < -0.39 is 23.1 Å². The number of hydrogen-bond donors (Lipinski definition) is 6. The largest absolute Gasteiger partial charge is 0.506 e. The number of nitrogens with two attached hydrogens (primary N) is 2. The normalized spacial score (nSPS) is 10.4. The predicted octanol–water partition coefficient (Wildman–Crippen LogP) is 3.24. The van der Waals surface area contributed by atoms with Crippen LogP contribution in [0.4, 0.5) is 11.4 Å². The average Bonchev–Trinajstić information content (AvgIpc) is 2.68. The highest BCUT2D eigenvalue weighted by Gasteiger charge is 2.22. The lowest BCUT2D eigenvalue weighted by molar-refractivity contribution is 0.0676. The molecule has 0 aliphatic carbocycles. The van der Waals surface area contributed by atoms with Gasteiger partial charge in [-0.1, -0.05) is 0 Å². The first-order valence-corrected chi connectivity index (χ1v) is 8.33. The number of ether oxygens (including phenoxy) is 2. The third kappa shape index (κ3) is 4.12. The van der Waals surface area contributed by atoms with Crippen LogP contribution in [0.3, 0.4) is 0 Å². The molecule has 0 saturated heterocycles. The van der Waals surface area contributed by atoms with Gasteiger partial charge in [-0.25, -0.2) is 9.59 Å². The van der Waals surface area contributed by atoms with Gasteiger partial charge >= 0.3 is 11.9 Å². The molecule has 0 atom stereocenters. The number of anilines is 2. The molecule has 154 valence electrons. The second-order valence-corrected chi connectivity index (χ2v) is 6.10. The van der Waals surface area contributed by atoms with Crippen LogP contribution in [0.15, 0.2) is 48.5 Å². The Morgan fingerprint density at radius 2 is 1.03 bits per heavy atom. The van der Waals surface area contributed by atoms with Crippen LogP contribution in [0.5, 0.6) is 34.5 Å².